The fourth-order valence-corrected chi connectivity index (χ4v) is 3.50. The second-order valence-electron chi connectivity index (χ2n) is 4.50. The molecular formula is C13H12ClNO4S. The van der Waals surface area contributed by atoms with E-state index in [2.05, 4.69) is 4.99 Å². The van der Waals surface area contributed by atoms with Gasteiger partial charge >= 0.3 is 11.9 Å². The minimum atomic E-state index is -1.17. The molecule has 0 bridgehead atoms. The lowest BCUT2D eigenvalue weighted by Gasteiger charge is -2.29. The zero-order valence-electron chi connectivity index (χ0n) is 10.8. The number of carboxylic acid groups (broad SMARTS) is 2. The van der Waals surface area contributed by atoms with Gasteiger partial charge in [-0.25, -0.2) is 4.79 Å². The summed E-state index contributed by atoms with van der Waals surface area (Å²) >= 11 is 7.32. The first kappa shape index (κ1) is 14.7. The van der Waals surface area contributed by atoms with Gasteiger partial charge in [0.05, 0.1) is 9.91 Å². The average molecular weight is 314 g/mol. The minimum absolute atomic E-state index is 0.0108. The van der Waals surface area contributed by atoms with Gasteiger partial charge in [-0.05, 0) is 30.9 Å². The van der Waals surface area contributed by atoms with Gasteiger partial charge in [0.1, 0.15) is 5.92 Å². The molecule has 0 radical (unpaired) electrons. The molecule has 106 valence electrons. The second kappa shape index (κ2) is 5.38. The molecule has 0 amide bonds. The number of thiophene rings is 1. The van der Waals surface area contributed by atoms with Gasteiger partial charge in [0.15, 0.2) is 0 Å². The molecule has 2 atom stereocenters. The molecule has 1 aliphatic rings. The highest BCUT2D eigenvalue weighted by Crippen LogP contribution is 2.43. The molecule has 0 aliphatic carbocycles. The Labute approximate surface area is 124 Å². The van der Waals surface area contributed by atoms with Gasteiger partial charge in [-0.1, -0.05) is 11.6 Å². The predicted molar refractivity (Wildman–Crippen MR) is 76.6 cm³/mol. The van der Waals surface area contributed by atoms with Crippen molar-refractivity contribution in [3.05, 3.63) is 32.6 Å². The zero-order chi connectivity index (χ0) is 15.0. The number of aliphatic imine (C=N–C) groups is 1. The van der Waals surface area contributed by atoms with Gasteiger partial charge in [-0.3, -0.25) is 9.79 Å². The van der Waals surface area contributed by atoms with Crippen LogP contribution in [0.3, 0.4) is 0 Å². The van der Waals surface area contributed by atoms with Gasteiger partial charge < -0.3 is 10.2 Å². The molecular weight excluding hydrogens is 302 g/mol. The van der Waals surface area contributed by atoms with Crippen LogP contribution in [0.25, 0.3) is 0 Å². The van der Waals surface area contributed by atoms with Crippen LogP contribution < -0.4 is 0 Å². The number of halogens is 1. The Kier molecular flexibility index (Phi) is 3.96. The van der Waals surface area contributed by atoms with E-state index >= 15 is 0 Å². The summed E-state index contributed by atoms with van der Waals surface area (Å²) in [6.07, 6.45) is 0. The summed E-state index contributed by atoms with van der Waals surface area (Å²) < 4.78 is 0.405. The lowest BCUT2D eigenvalue weighted by molar-refractivity contribution is -0.140. The number of aliphatic carboxylic acids is 2. The highest BCUT2D eigenvalue weighted by Gasteiger charge is 2.42. The van der Waals surface area contributed by atoms with Crippen LogP contribution in [0.2, 0.25) is 4.34 Å². The van der Waals surface area contributed by atoms with Crippen LogP contribution in [0.5, 0.6) is 0 Å². The third-order valence-electron chi connectivity index (χ3n) is 3.31. The summed E-state index contributed by atoms with van der Waals surface area (Å²) in [4.78, 5) is 27.1. The number of rotatable bonds is 3. The molecule has 20 heavy (non-hydrogen) atoms. The normalized spacial score (nSPS) is 22.6. The van der Waals surface area contributed by atoms with Crippen molar-refractivity contribution in [3.63, 3.8) is 0 Å². The highest BCUT2D eigenvalue weighted by atomic mass is 35.5. The van der Waals surface area contributed by atoms with Crippen molar-refractivity contribution in [1.82, 2.24) is 0 Å². The Morgan fingerprint density at radius 1 is 1.35 bits per heavy atom. The van der Waals surface area contributed by atoms with E-state index in [0.29, 0.717) is 21.3 Å². The maximum atomic E-state index is 11.5. The van der Waals surface area contributed by atoms with E-state index in [9.17, 15) is 19.8 Å². The van der Waals surface area contributed by atoms with Crippen LogP contribution >= 0.6 is 22.9 Å². The third-order valence-corrected chi connectivity index (χ3v) is 4.51. The topological polar surface area (TPSA) is 87.0 Å². The molecule has 2 unspecified atom stereocenters. The number of nitrogens with zero attached hydrogens (tertiary/aromatic N) is 1. The highest BCUT2D eigenvalue weighted by molar-refractivity contribution is 7.14. The van der Waals surface area contributed by atoms with E-state index in [4.69, 9.17) is 11.6 Å². The van der Waals surface area contributed by atoms with Crippen molar-refractivity contribution in [1.29, 1.82) is 0 Å². The minimum Gasteiger partial charge on any atom is -0.481 e. The second-order valence-corrected chi connectivity index (χ2v) is 6.02. The molecule has 2 rings (SSSR count). The Morgan fingerprint density at radius 2 is 2.00 bits per heavy atom. The number of allylic oxidation sites excluding steroid dienone is 1. The summed E-state index contributed by atoms with van der Waals surface area (Å²) in [6.45, 7) is 3.16. The number of hydrogen-bond donors (Lipinski definition) is 2. The number of carboxylic acids is 2. The summed E-state index contributed by atoms with van der Waals surface area (Å²) in [5, 5.41) is 20.5. The molecule has 0 spiro atoms. The molecule has 2 N–H and O–H groups in total. The van der Waals surface area contributed by atoms with E-state index in [1.54, 1.807) is 25.3 Å². The fraction of sp³-hybridized carbons (Fsp3) is 0.308. The standard InChI is InChI=1S/C13H12ClNO4S/c1-5-8(12(16)17)10(7-3-4-20-11(7)14)9(13(18)19)6(2)15-5/h3-4,8,10H,1-2H3,(H,16,17)(H,18,19). The Balaban J connectivity index is 2.68. The molecule has 0 fully saturated rings. The average Bonchev–Trinajstić information content (AvgIpc) is 2.72. The van der Waals surface area contributed by atoms with Crippen molar-refractivity contribution in [2.75, 3.05) is 0 Å². The van der Waals surface area contributed by atoms with Crippen molar-refractivity contribution in [2.24, 2.45) is 10.9 Å². The molecule has 1 aromatic rings. The SMILES string of the molecule is CC1=NC(C)=C(C(=O)O)C(c2ccsc2Cl)C1C(=O)O. The van der Waals surface area contributed by atoms with Gasteiger partial charge in [0, 0.05) is 17.3 Å². The van der Waals surface area contributed by atoms with Gasteiger partial charge in [-0.15, -0.1) is 11.3 Å². The van der Waals surface area contributed by atoms with E-state index in [1.165, 1.54) is 11.3 Å². The van der Waals surface area contributed by atoms with Crippen LogP contribution in [0.4, 0.5) is 0 Å². The Hall–Kier alpha value is -1.66. The van der Waals surface area contributed by atoms with E-state index in [1.807, 2.05) is 0 Å². The lowest BCUT2D eigenvalue weighted by atomic mass is 9.76. The molecule has 0 saturated heterocycles. The molecule has 0 aromatic carbocycles. The molecule has 5 nitrogen and oxygen atoms in total. The van der Waals surface area contributed by atoms with Crippen LogP contribution in [0, 0.1) is 5.92 Å². The number of carbonyl (C=O) groups is 2. The third kappa shape index (κ3) is 2.36. The van der Waals surface area contributed by atoms with Crippen molar-refractivity contribution in [2.45, 2.75) is 19.8 Å². The van der Waals surface area contributed by atoms with Crippen LogP contribution in [0.1, 0.15) is 25.3 Å². The van der Waals surface area contributed by atoms with E-state index in [0.717, 1.165) is 0 Å². The fourth-order valence-electron chi connectivity index (χ4n) is 2.50. The smallest absolute Gasteiger partial charge is 0.334 e. The molecule has 1 aliphatic heterocycles. The first-order chi connectivity index (χ1) is 9.34. The van der Waals surface area contributed by atoms with Gasteiger partial charge in [0.2, 0.25) is 0 Å². The van der Waals surface area contributed by atoms with Crippen LogP contribution in [-0.4, -0.2) is 27.9 Å². The largest absolute Gasteiger partial charge is 0.481 e. The molecule has 7 heteroatoms. The predicted octanol–water partition coefficient (Wildman–Crippen LogP) is 3.02. The zero-order valence-corrected chi connectivity index (χ0v) is 12.3. The monoisotopic (exact) mass is 313 g/mol. The maximum Gasteiger partial charge on any atom is 0.334 e. The molecule has 2 heterocycles. The van der Waals surface area contributed by atoms with Gasteiger partial charge in [0.25, 0.3) is 0 Å². The lowest BCUT2D eigenvalue weighted by Crippen LogP contribution is -2.34. The summed E-state index contributed by atoms with van der Waals surface area (Å²) in [7, 11) is 0. The summed E-state index contributed by atoms with van der Waals surface area (Å²) in [5.74, 6) is -4.11. The van der Waals surface area contributed by atoms with Crippen molar-refractivity contribution >= 4 is 40.6 Å². The van der Waals surface area contributed by atoms with Crippen LogP contribution in [-0.2, 0) is 9.59 Å². The Bertz CT molecular complexity index is 647. The first-order valence-electron chi connectivity index (χ1n) is 5.79. The van der Waals surface area contributed by atoms with E-state index in [-0.39, 0.29) is 5.57 Å². The number of hydrogen-bond acceptors (Lipinski definition) is 4. The van der Waals surface area contributed by atoms with E-state index < -0.39 is 23.8 Å². The van der Waals surface area contributed by atoms with Crippen molar-refractivity contribution < 1.29 is 19.8 Å². The Morgan fingerprint density at radius 3 is 2.45 bits per heavy atom. The van der Waals surface area contributed by atoms with Gasteiger partial charge in [-0.2, -0.15) is 0 Å². The maximum absolute atomic E-state index is 11.5. The molecule has 0 saturated carbocycles. The quantitative estimate of drug-likeness (QED) is 0.898. The molecule has 1 aromatic heterocycles. The van der Waals surface area contributed by atoms with Crippen molar-refractivity contribution in [3.8, 4) is 0 Å². The summed E-state index contributed by atoms with van der Waals surface area (Å²) in [6, 6.07) is 1.67. The van der Waals surface area contributed by atoms with Crippen LogP contribution in [0.15, 0.2) is 27.7 Å². The summed E-state index contributed by atoms with van der Waals surface area (Å²) in [5.41, 5.74) is 1.21. The first-order valence-corrected chi connectivity index (χ1v) is 7.05.